The molecule has 33 heavy (non-hydrogen) atoms. The summed E-state index contributed by atoms with van der Waals surface area (Å²) in [6.07, 6.45) is -5.14. The molecular weight excluding hydrogens is 463 g/mol. The van der Waals surface area contributed by atoms with E-state index in [-0.39, 0.29) is 34.3 Å². The number of alkyl halides is 3. The van der Waals surface area contributed by atoms with Crippen LogP contribution in [0.15, 0.2) is 42.5 Å². The zero-order valence-electron chi connectivity index (χ0n) is 17.5. The first-order valence-electron chi connectivity index (χ1n) is 9.91. The van der Waals surface area contributed by atoms with Crippen LogP contribution in [0.3, 0.4) is 0 Å². The Labute approximate surface area is 191 Å². The number of halogens is 4. The maximum absolute atomic E-state index is 13.5. The second-order valence-electron chi connectivity index (χ2n) is 7.40. The van der Waals surface area contributed by atoms with Gasteiger partial charge < -0.3 is 14.8 Å². The predicted molar refractivity (Wildman–Crippen MR) is 115 cm³/mol. The highest BCUT2D eigenvalue weighted by Crippen LogP contribution is 2.42. The molecule has 3 aromatic rings. The van der Waals surface area contributed by atoms with Gasteiger partial charge in [0.1, 0.15) is 0 Å². The number of carboxylic acids is 2. The molecule has 3 rings (SSSR count). The lowest BCUT2D eigenvalue weighted by Crippen LogP contribution is -2.44. The predicted octanol–water partition coefficient (Wildman–Crippen LogP) is 5.38. The van der Waals surface area contributed by atoms with Crippen molar-refractivity contribution in [2.45, 2.75) is 38.4 Å². The minimum atomic E-state index is -4.70. The van der Waals surface area contributed by atoms with E-state index < -0.39 is 41.3 Å². The van der Waals surface area contributed by atoms with Gasteiger partial charge >= 0.3 is 18.1 Å². The number of benzene rings is 2. The molecule has 0 bridgehead atoms. The van der Waals surface area contributed by atoms with Crippen LogP contribution in [0.5, 0.6) is 0 Å². The van der Waals surface area contributed by atoms with Crippen LogP contribution in [-0.4, -0.2) is 32.5 Å². The van der Waals surface area contributed by atoms with Crippen LogP contribution in [0.2, 0.25) is 5.02 Å². The van der Waals surface area contributed by atoms with Gasteiger partial charge in [-0.05, 0) is 49.7 Å². The average molecular weight is 482 g/mol. The SMILES string of the molecule is CCn1c(C(=O)c2ccc(Cl)cc2)c(C(CC)(C(=O)O)C(=O)O)c2ccc(C(F)(F)F)cc21. The molecule has 2 aromatic carbocycles. The van der Waals surface area contributed by atoms with Gasteiger partial charge in [0.05, 0.1) is 11.3 Å². The first kappa shape index (κ1) is 24.3. The monoisotopic (exact) mass is 481 g/mol. The largest absolute Gasteiger partial charge is 0.480 e. The van der Waals surface area contributed by atoms with Crippen LogP contribution in [0.4, 0.5) is 13.2 Å². The third kappa shape index (κ3) is 3.86. The Balaban J connectivity index is 2.53. The normalized spacial score (nSPS) is 12.2. The summed E-state index contributed by atoms with van der Waals surface area (Å²) in [6, 6.07) is 8.17. The van der Waals surface area contributed by atoms with Crippen molar-refractivity contribution in [2.24, 2.45) is 0 Å². The van der Waals surface area contributed by atoms with Crippen LogP contribution >= 0.6 is 11.6 Å². The lowest BCUT2D eigenvalue weighted by molar-refractivity contribution is -0.157. The highest BCUT2D eigenvalue weighted by Gasteiger charge is 2.51. The van der Waals surface area contributed by atoms with Crippen molar-refractivity contribution < 1.29 is 37.8 Å². The van der Waals surface area contributed by atoms with Crippen molar-refractivity contribution in [3.05, 3.63) is 69.9 Å². The van der Waals surface area contributed by atoms with Crippen LogP contribution in [0.1, 0.15) is 47.4 Å². The summed E-state index contributed by atoms with van der Waals surface area (Å²) in [7, 11) is 0. The van der Waals surface area contributed by atoms with Gasteiger partial charge in [0.15, 0.2) is 5.41 Å². The minimum Gasteiger partial charge on any atom is -0.480 e. The van der Waals surface area contributed by atoms with E-state index in [1.54, 1.807) is 6.92 Å². The third-order valence-electron chi connectivity index (χ3n) is 5.72. The third-order valence-corrected chi connectivity index (χ3v) is 5.97. The van der Waals surface area contributed by atoms with Crippen molar-refractivity contribution in [1.82, 2.24) is 4.57 Å². The number of aliphatic carboxylic acids is 2. The Bertz CT molecular complexity index is 1250. The topological polar surface area (TPSA) is 96.6 Å². The van der Waals surface area contributed by atoms with Gasteiger partial charge in [-0.2, -0.15) is 13.2 Å². The number of hydrogen-bond acceptors (Lipinski definition) is 3. The van der Waals surface area contributed by atoms with Crippen LogP contribution in [0, 0.1) is 0 Å². The summed E-state index contributed by atoms with van der Waals surface area (Å²) in [5.74, 6) is -4.18. The fourth-order valence-electron chi connectivity index (χ4n) is 4.04. The van der Waals surface area contributed by atoms with E-state index in [0.717, 1.165) is 18.2 Å². The van der Waals surface area contributed by atoms with Crippen molar-refractivity contribution >= 4 is 40.2 Å². The van der Waals surface area contributed by atoms with E-state index in [9.17, 15) is 37.8 Å². The Morgan fingerprint density at radius 3 is 2.00 bits per heavy atom. The Morgan fingerprint density at radius 1 is 0.970 bits per heavy atom. The van der Waals surface area contributed by atoms with Gasteiger partial charge in [-0.15, -0.1) is 0 Å². The molecule has 0 saturated heterocycles. The number of carbonyl (C=O) groups excluding carboxylic acids is 1. The molecule has 174 valence electrons. The van der Waals surface area contributed by atoms with Gasteiger partial charge in [-0.25, -0.2) is 0 Å². The lowest BCUT2D eigenvalue weighted by Gasteiger charge is -2.25. The number of fused-ring (bicyclic) bond motifs is 1. The molecule has 0 saturated carbocycles. The van der Waals surface area contributed by atoms with Crippen molar-refractivity contribution in [3.63, 3.8) is 0 Å². The first-order valence-corrected chi connectivity index (χ1v) is 10.3. The second kappa shape index (κ2) is 8.55. The lowest BCUT2D eigenvalue weighted by atomic mass is 9.75. The van der Waals surface area contributed by atoms with E-state index in [0.29, 0.717) is 5.02 Å². The number of hydrogen-bond donors (Lipinski definition) is 2. The summed E-state index contributed by atoms with van der Waals surface area (Å²) in [4.78, 5) is 38.2. The molecule has 0 fully saturated rings. The highest BCUT2D eigenvalue weighted by molar-refractivity contribution is 6.30. The summed E-state index contributed by atoms with van der Waals surface area (Å²) < 4.78 is 41.4. The molecule has 1 aromatic heterocycles. The summed E-state index contributed by atoms with van der Waals surface area (Å²) in [5.41, 5.74) is -4.21. The van der Waals surface area contributed by atoms with Crippen molar-refractivity contribution in [3.8, 4) is 0 Å². The van der Waals surface area contributed by atoms with Crippen LogP contribution < -0.4 is 0 Å². The number of ketones is 1. The Kier molecular flexibility index (Phi) is 6.30. The van der Waals surface area contributed by atoms with E-state index in [1.165, 1.54) is 35.8 Å². The number of aromatic nitrogens is 1. The zero-order chi connectivity index (χ0) is 24.7. The summed E-state index contributed by atoms with van der Waals surface area (Å²) in [5, 5.41) is 20.3. The van der Waals surface area contributed by atoms with E-state index >= 15 is 0 Å². The smallest absolute Gasteiger partial charge is 0.416 e. The maximum Gasteiger partial charge on any atom is 0.416 e. The molecule has 1 heterocycles. The van der Waals surface area contributed by atoms with E-state index in [4.69, 9.17) is 11.6 Å². The quantitative estimate of drug-likeness (QED) is 0.349. The molecule has 6 nitrogen and oxygen atoms in total. The molecule has 10 heteroatoms. The van der Waals surface area contributed by atoms with Crippen molar-refractivity contribution in [1.29, 1.82) is 0 Å². The molecule has 0 spiro atoms. The van der Waals surface area contributed by atoms with Crippen molar-refractivity contribution in [2.75, 3.05) is 0 Å². The molecule has 2 N–H and O–H groups in total. The number of aryl methyl sites for hydroxylation is 1. The van der Waals surface area contributed by atoms with Gasteiger partial charge in [-0.3, -0.25) is 14.4 Å². The van der Waals surface area contributed by atoms with Crippen LogP contribution in [0.25, 0.3) is 10.9 Å². The van der Waals surface area contributed by atoms with Gasteiger partial charge in [0, 0.05) is 33.6 Å². The molecule has 0 aliphatic carbocycles. The standard InChI is InChI=1S/C23H19ClF3NO5/c1-3-22(20(30)31,21(32)33)17-15-10-7-13(23(25,26)27)11-16(15)28(4-2)18(17)19(29)12-5-8-14(24)9-6-12/h5-11H,3-4H2,1-2H3,(H,30,31)(H,32,33). The zero-order valence-corrected chi connectivity index (χ0v) is 18.3. The molecular formula is C23H19ClF3NO5. The number of nitrogens with zero attached hydrogens (tertiary/aromatic N) is 1. The molecule has 0 radical (unpaired) electrons. The number of carbonyl (C=O) groups is 3. The number of carboxylic acid groups (broad SMARTS) is 2. The minimum absolute atomic E-state index is 0.00843. The number of rotatable bonds is 7. The highest BCUT2D eigenvalue weighted by atomic mass is 35.5. The Hall–Kier alpha value is -3.33. The van der Waals surface area contributed by atoms with E-state index in [2.05, 4.69) is 0 Å². The van der Waals surface area contributed by atoms with Gasteiger partial charge in [-0.1, -0.05) is 24.6 Å². The molecule has 0 atom stereocenters. The Morgan fingerprint density at radius 2 is 1.55 bits per heavy atom. The van der Waals surface area contributed by atoms with Gasteiger partial charge in [0.2, 0.25) is 5.78 Å². The molecule has 0 aliphatic rings. The molecule has 0 unspecified atom stereocenters. The fourth-order valence-corrected chi connectivity index (χ4v) is 4.17. The van der Waals surface area contributed by atoms with Gasteiger partial charge in [0.25, 0.3) is 0 Å². The second-order valence-corrected chi connectivity index (χ2v) is 7.84. The maximum atomic E-state index is 13.5. The van der Waals surface area contributed by atoms with Crippen LogP contribution in [-0.2, 0) is 27.7 Å². The average Bonchev–Trinajstić information content (AvgIpc) is 3.07. The first-order chi connectivity index (χ1) is 15.4. The molecule has 0 amide bonds. The molecule has 0 aliphatic heterocycles. The summed E-state index contributed by atoms with van der Waals surface area (Å²) >= 11 is 5.88. The fraction of sp³-hybridized carbons (Fsp3) is 0.261. The van der Waals surface area contributed by atoms with E-state index in [1.807, 2.05) is 0 Å². The summed E-state index contributed by atoms with van der Waals surface area (Å²) in [6.45, 7) is 2.89.